The van der Waals surface area contributed by atoms with E-state index in [4.69, 9.17) is 9.47 Å². The molecule has 0 saturated carbocycles. The van der Waals surface area contributed by atoms with Gasteiger partial charge >= 0.3 is 0 Å². The lowest BCUT2D eigenvalue weighted by molar-refractivity contribution is 0.0168. The minimum Gasteiger partial charge on any atom is -0.379 e. The Morgan fingerprint density at radius 3 is 2.92 bits per heavy atom. The number of nitrogens with one attached hydrogen (secondary N) is 2. The van der Waals surface area contributed by atoms with E-state index in [1.807, 2.05) is 13.0 Å². The van der Waals surface area contributed by atoms with Gasteiger partial charge in [0.2, 0.25) is 0 Å². The first kappa shape index (κ1) is 23.1. The van der Waals surface area contributed by atoms with Gasteiger partial charge in [-0.05, 0) is 50.3 Å². The van der Waals surface area contributed by atoms with Crippen molar-refractivity contribution in [3.8, 4) is 0 Å². The zero-order valence-corrected chi connectivity index (χ0v) is 18.1. The van der Waals surface area contributed by atoms with Gasteiger partial charge in [-0.15, -0.1) is 24.0 Å². The van der Waals surface area contributed by atoms with Crippen LogP contribution in [0.3, 0.4) is 0 Å². The second-order valence-corrected chi connectivity index (χ2v) is 6.27. The molecule has 1 aromatic carbocycles. The molecule has 0 aromatic heterocycles. The number of guanidine groups is 1. The minimum absolute atomic E-state index is 0. The number of hydrogen-bond donors (Lipinski definition) is 2. The van der Waals surface area contributed by atoms with E-state index < -0.39 is 0 Å². The van der Waals surface area contributed by atoms with Gasteiger partial charge in [-0.3, -0.25) is 0 Å². The summed E-state index contributed by atoms with van der Waals surface area (Å²) in [7, 11) is 0. The van der Waals surface area contributed by atoms with Gasteiger partial charge in [-0.2, -0.15) is 0 Å². The van der Waals surface area contributed by atoms with Gasteiger partial charge in [0, 0.05) is 26.3 Å². The predicted octanol–water partition coefficient (Wildman–Crippen LogP) is 3.39. The van der Waals surface area contributed by atoms with Crippen molar-refractivity contribution < 1.29 is 13.9 Å². The molecule has 1 aromatic rings. The molecule has 0 aliphatic carbocycles. The van der Waals surface area contributed by atoms with Crippen LogP contribution >= 0.6 is 24.0 Å². The zero-order chi connectivity index (χ0) is 17.9. The van der Waals surface area contributed by atoms with E-state index in [9.17, 15) is 4.39 Å². The van der Waals surface area contributed by atoms with Crippen LogP contribution in [0.5, 0.6) is 0 Å². The Balaban J connectivity index is 0.00000338. The van der Waals surface area contributed by atoms with Gasteiger partial charge in [-0.1, -0.05) is 12.1 Å². The smallest absolute Gasteiger partial charge is 0.191 e. The Kier molecular flexibility index (Phi) is 11.8. The third-order valence-corrected chi connectivity index (χ3v) is 4.07. The molecule has 1 unspecified atom stereocenters. The summed E-state index contributed by atoms with van der Waals surface area (Å²) >= 11 is 0. The molecule has 0 bridgehead atoms. The molecule has 1 aliphatic heterocycles. The summed E-state index contributed by atoms with van der Waals surface area (Å²) in [6.07, 6.45) is 3.45. The van der Waals surface area contributed by atoms with Crippen LogP contribution in [0.4, 0.5) is 4.39 Å². The molecule has 0 radical (unpaired) electrons. The summed E-state index contributed by atoms with van der Waals surface area (Å²) in [5, 5.41) is 6.52. The van der Waals surface area contributed by atoms with Crippen molar-refractivity contribution >= 4 is 29.9 Å². The van der Waals surface area contributed by atoms with Crippen LogP contribution in [0.15, 0.2) is 23.2 Å². The zero-order valence-electron chi connectivity index (χ0n) is 15.7. The van der Waals surface area contributed by atoms with E-state index in [0.29, 0.717) is 25.3 Å². The Morgan fingerprint density at radius 1 is 1.38 bits per heavy atom. The fraction of sp³-hybridized carbons (Fsp3) is 0.632. The van der Waals surface area contributed by atoms with Crippen LogP contribution in [0, 0.1) is 12.7 Å². The van der Waals surface area contributed by atoms with Crippen LogP contribution in [0.2, 0.25) is 0 Å². The molecule has 2 N–H and O–H groups in total. The molecule has 1 saturated heterocycles. The number of hydrogen-bond acceptors (Lipinski definition) is 3. The van der Waals surface area contributed by atoms with E-state index >= 15 is 0 Å². The standard InChI is InChI=1S/C19H30FN3O2.HI/c1-3-21-19(23-13-16-7-8-18(20)15(2)12-16)22-9-5-10-24-14-17-6-4-11-25-17;/h7-8,12,17H,3-6,9-11,13-14H2,1-2H3,(H2,21,22,23);1H. The first-order valence-corrected chi connectivity index (χ1v) is 9.15. The van der Waals surface area contributed by atoms with E-state index in [0.717, 1.165) is 50.5 Å². The van der Waals surface area contributed by atoms with Crippen molar-refractivity contribution in [2.45, 2.75) is 45.8 Å². The fourth-order valence-corrected chi connectivity index (χ4v) is 2.69. The van der Waals surface area contributed by atoms with Gasteiger partial charge in [0.05, 0.1) is 19.3 Å². The maximum Gasteiger partial charge on any atom is 0.191 e. The van der Waals surface area contributed by atoms with E-state index in [-0.39, 0.29) is 35.9 Å². The number of rotatable bonds is 9. The first-order valence-electron chi connectivity index (χ1n) is 9.15. The SMILES string of the molecule is CCNC(=NCc1ccc(F)c(C)c1)NCCCOCC1CCCO1.I. The maximum absolute atomic E-state index is 13.3. The molecule has 0 amide bonds. The van der Waals surface area contributed by atoms with Crippen molar-refractivity contribution in [3.63, 3.8) is 0 Å². The average molecular weight is 479 g/mol. The summed E-state index contributed by atoms with van der Waals surface area (Å²) in [6, 6.07) is 5.10. The molecule has 0 spiro atoms. The van der Waals surface area contributed by atoms with Gasteiger partial charge in [0.15, 0.2) is 5.96 Å². The number of aryl methyl sites for hydroxylation is 1. The third kappa shape index (κ3) is 8.64. The number of benzene rings is 1. The molecule has 1 atom stereocenters. The van der Waals surface area contributed by atoms with Crippen LogP contribution < -0.4 is 10.6 Å². The summed E-state index contributed by atoms with van der Waals surface area (Å²) in [5.41, 5.74) is 1.64. The topological polar surface area (TPSA) is 54.9 Å². The Bertz CT molecular complexity index is 552. The second kappa shape index (κ2) is 13.3. The fourth-order valence-electron chi connectivity index (χ4n) is 2.69. The summed E-state index contributed by atoms with van der Waals surface area (Å²) in [4.78, 5) is 4.55. The molecule has 148 valence electrons. The van der Waals surface area contributed by atoms with Gasteiger partial charge in [-0.25, -0.2) is 9.38 Å². The normalized spacial score (nSPS) is 17.0. The van der Waals surface area contributed by atoms with Crippen molar-refractivity contribution in [1.82, 2.24) is 10.6 Å². The molecule has 26 heavy (non-hydrogen) atoms. The lowest BCUT2D eigenvalue weighted by Crippen LogP contribution is -2.38. The molecule has 1 heterocycles. The Morgan fingerprint density at radius 2 is 2.23 bits per heavy atom. The molecule has 1 aliphatic rings. The van der Waals surface area contributed by atoms with Crippen LogP contribution in [-0.2, 0) is 16.0 Å². The van der Waals surface area contributed by atoms with Crippen molar-refractivity contribution in [3.05, 3.63) is 35.1 Å². The van der Waals surface area contributed by atoms with Crippen LogP contribution in [-0.4, -0.2) is 45.0 Å². The number of nitrogens with zero attached hydrogens (tertiary/aromatic N) is 1. The van der Waals surface area contributed by atoms with E-state index in [2.05, 4.69) is 15.6 Å². The summed E-state index contributed by atoms with van der Waals surface area (Å²) in [5.74, 6) is 0.587. The molecule has 7 heteroatoms. The quantitative estimate of drug-likeness (QED) is 0.247. The average Bonchev–Trinajstić information content (AvgIpc) is 3.12. The molecular formula is C19H31FIN3O2. The third-order valence-electron chi connectivity index (χ3n) is 4.07. The van der Waals surface area contributed by atoms with E-state index in [1.165, 1.54) is 6.07 Å². The predicted molar refractivity (Wildman–Crippen MR) is 114 cm³/mol. The first-order chi connectivity index (χ1) is 12.2. The maximum atomic E-state index is 13.3. The largest absolute Gasteiger partial charge is 0.379 e. The van der Waals surface area contributed by atoms with Gasteiger partial charge in [0.1, 0.15) is 5.82 Å². The minimum atomic E-state index is -0.180. The Labute approximate surface area is 173 Å². The second-order valence-electron chi connectivity index (χ2n) is 6.27. The van der Waals surface area contributed by atoms with Crippen molar-refractivity contribution in [2.24, 2.45) is 4.99 Å². The molecule has 2 rings (SSSR count). The highest BCUT2D eigenvalue weighted by atomic mass is 127. The number of ether oxygens (including phenoxy) is 2. The van der Waals surface area contributed by atoms with Crippen LogP contribution in [0.25, 0.3) is 0 Å². The van der Waals surface area contributed by atoms with Crippen molar-refractivity contribution in [2.75, 3.05) is 32.9 Å². The van der Waals surface area contributed by atoms with E-state index in [1.54, 1.807) is 13.0 Å². The number of halogens is 2. The molecule has 1 fully saturated rings. The lowest BCUT2D eigenvalue weighted by atomic mass is 10.1. The number of aliphatic imine (C=N–C) groups is 1. The molecular weight excluding hydrogens is 448 g/mol. The van der Waals surface area contributed by atoms with Crippen molar-refractivity contribution in [1.29, 1.82) is 0 Å². The highest BCUT2D eigenvalue weighted by Gasteiger charge is 2.14. The summed E-state index contributed by atoms with van der Waals surface area (Å²) in [6.45, 7) is 8.18. The van der Waals surface area contributed by atoms with Gasteiger partial charge in [0.25, 0.3) is 0 Å². The lowest BCUT2D eigenvalue weighted by Gasteiger charge is -2.13. The highest BCUT2D eigenvalue weighted by Crippen LogP contribution is 2.12. The monoisotopic (exact) mass is 479 g/mol. The van der Waals surface area contributed by atoms with Crippen LogP contribution in [0.1, 0.15) is 37.3 Å². The summed E-state index contributed by atoms with van der Waals surface area (Å²) < 4.78 is 24.5. The highest BCUT2D eigenvalue weighted by molar-refractivity contribution is 14.0. The Hall–Kier alpha value is -0.930. The molecule has 5 nitrogen and oxygen atoms in total. The van der Waals surface area contributed by atoms with Gasteiger partial charge < -0.3 is 20.1 Å².